The minimum absolute atomic E-state index is 0.0786. The van der Waals surface area contributed by atoms with Gasteiger partial charge in [-0.2, -0.15) is 0 Å². The van der Waals surface area contributed by atoms with Crippen LogP contribution in [0.15, 0.2) is 47.9 Å². The van der Waals surface area contributed by atoms with Gasteiger partial charge in [-0.05, 0) is 54.3 Å². The van der Waals surface area contributed by atoms with Crippen molar-refractivity contribution in [3.63, 3.8) is 0 Å². The smallest absolute Gasteiger partial charge is 0.496 e. The second-order valence-corrected chi connectivity index (χ2v) is 7.41. The van der Waals surface area contributed by atoms with Gasteiger partial charge in [-0.1, -0.05) is 12.2 Å². The number of alkyl halides is 3. The van der Waals surface area contributed by atoms with Crippen molar-refractivity contribution in [1.82, 2.24) is 9.88 Å². The molecular weight excluding hydrogens is 397 g/mol. The Bertz CT molecular complexity index is 1050. The number of benzene rings is 1. The Kier molecular flexibility index (Phi) is 5.51. The highest BCUT2D eigenvalue weighted by molar-refractivity contribution is 5.96. The van der Waals surface area contributed by atoms with Crippen molar-refractivity contribution in [2.75, 3.05) is 20.2 Å². The van der Waals surface area contributed by atoms with Crippen molar-refractivity contribution in [3.8, 4) is 11.6 Å². The van der Waals surface area contributed by atoms with Gasteiger partial charge in [0.25, 0.3) is 0 Å². The number of aromatic nitrogens is 1. The molecule has 2 aliphatic rings. The Balaban J connectivity index is 1.63. The fourth-order valence-electron chi connectivity index (χ4n) is 3.95. The van der Waals surface area contributed by atoms with Crippen LogP contribution in [0.1, 0.15) is 24.8 Å². The molecule has 0 fully saturated rings. The molecule has 0 spiro atoms. The largest absolute Gasteiger partial charge is 0.572 e. The number of hydrogen-bond acceptors (Lipinski definition) is 4. The lowest BCUT2D eigenvalue weighted by Crippen LogP contribution is -2.20. The maximum absolute atomic E-state index is 12.4. The van der Waals surface area contributed by atoms with Gasteiger partial charge < -0.3 is 24.5 Å². The highest BCUT2D eigenvalue weighted by atomic mass is 19.4. The van der Waals surface area contributed by atoms with E-state index >= 15 is 0 Å². The van der Waals surface area contributed by atoms with E-state index in [2.05, 4.69) is 16.1 Å². The second kappa shape index (κ2) is 8.10. The van der Waals surface area contributed by atoms with Gasteiger partial charge in [0.15, 0.2) is 0 Å². The summed E-state index contributed by atoms with van der Waals surface area (Å²) in [4.78, 5) is 0. The van der Waals surface area contributed by atoms with Crippen molar-refractivity contribution in [1.29, 1.82) is 0 Å². The number of halogens is 3. The first-order valence-corrected chi connectivity index (χ1v) is 9.78. The van der Waals surface area contributed by atoms with Crippen molar-refractivity contribution < 1.29 is 27.8 Å². The van der Waals surface area contributed by atoms with Crippen LogP contribution in [-0.4, -0.2) is 36.2 Å². The molecule has 0 bridgehead atoms. The molecule has 5 nitrogen and oxygen atoms in total. The average molecular weight is 420 g/mol. The number of ether oxygens (including phenoxy) is 2. The first-order valence-electron chi connectivity index (χ1n) is 9.78. The number of nitrogens with one attached hydrogen (secondary N) is 1. The summed E-state index contributed by atoms with van der Waals surface area (Å²) in [5, 5.41) is 15.6. The predicted octanol–water partition coefficient (Wildman–Crippen LogP) is 4.87. The minimum Gasteiger partial charge on any atom is -0.496 e. The number of allylic oxidation sites excluding steroid dienone is 4. The van der Waals surface area contributed by atoms with Crippen molar-refractivity contribution in [2.24, 2.45) is 0 Å². The number of rotatable bonds is 5. The summed E-state index contributed by atoms with van der Waals surface area (Å²) in [5.74, 6) is 0.571. The highest BCUT2D eigenvalue weighted by Gasteiger charge is 2.32. The first kappa shape index (κ1) is 20.4. The first-order chi connectivity index (χ1) is 14.3. The van der Waals surface area contributed by atoms with Crippen LogP contribution in [0.4, 0.5) is 13.2 Å². The molecule has 0 saturated heterocycles. The average Bonchev–Trinajstić information content (AvgIpc) is 3.04. The molecule has 1 aromatic carbocycles. The third-order valence-corrected chi connectivity index (χ3v) is 5.40. The molecule has 1 aromatic heterocycles. The quantitative estimate of drug-likeness (QED) is 0.725. The van der Waals surface area contributed by atoms with Crippen LogP contribution in [-0.2, 0) is 11.3 Å². The summed E-state index contributed by atoms with van der Waals surface area (Å²) in [6.07, 6.45) is 3.81. The normalized spacial score (nSPS) is 17.4. The van der Waals surface area contributed by atoms with E-state index in [9.17, 15) is 18.3 Å². The van der Waals surface area contributed by atoms with Crippen LogP contribution in [0.25, 0.3) is 16.3 Å². The van der Waals surface area contributed by atoms with Crippen LogP contribution in [0.2, 0.25) is 0 Å². The number of hydrogen-bond donors (Lipinski definition) is 2. The van der Waals surface area contributed by atoms with Gasteiger partial charge in [0, 0.05) is 31.1 Å². The van der Waals surface area contributed by atoms with E-state index in [1.807, 2.05) is 18.3 Å². The monoisotopic (exact) mass is 420 g/mol. The van der Waals surface area contributed by atoms with Gasteiger partial charge >= 0.3 is 6.36 Å². The molecule has 0 amide bonds. The van der Waals surface area contributed by atoms with Crippen LogP contribution < -0.4 is 10.1 Å². The molecule has 160 valence electrons. The predicted molar refractivity (Wildman–Crippen MR) is 108 cm³/mol. The van der Waals surface area contributed by atoms with Gasteiger partial charge in [-0.25, -0.2) is 0 Å². The van der Waals surface area contributed by atoms with Crippen LogP contribution in [0, 0.1) is 0 Å². The number of fused-ring (bicyclic) bond motifs is 1. The lowest BCUT2D eigenvalue weighted by molar-refractivity contribution is -0.306. The third kappa shape index (κ3) is 4.33. The minimum atomic E-state index is -4.67. The summed E-state index contributed by atoms with van der Waals surface area (Å²) < 4.78 is 48.3. The summed E-state index contributed by atoms with van der Waals surface area (Å²) in [6, 6.07) is 3.97. The third-order valence-electron chi connectivity index (χ3n) is 5.40. The zero-order valence-electron chi connectivity index (χ0n) is 16.6. The molecule has 0 radical (unpaired) electrons. The standard InChI is InChI=1S/C22H23F3N2O3/c1-29-19-11-16(15-6-8-26-9-7-15)10-17-13-27(21(28)20(17)19)12-14-2-4-18(5-3-14)30-22(23,24)25/h2,4,6,10-11,13,26,28H,3,5,7-9,12H2,1H3. The molecule has 0 atom stereocenters. The van der Waals surface area contributed by atoms with Gasteiger partial charge in [0.1, 0.15) is 11.5 Å². The molecule has 4 rings (SSSR count). The van der Waals surface area contributed by atoms with E-state index in [4.69, 9.17) is 4.74 Å². The maximum Gasteiger partial charge on any atom is 0.572 e. The Morgan fingerprint density at radius 1 is 1.17 bits per heavy atom. The van der Waals surface area contributed by atoms with Crippen molar-refractivity contribution in [3.05, 3.63) is 53.5 Å². The van der Waals surface area contributed by atoms with Crippen molar-refractivity contribution >= 4 is 16.3 Å². The fraction of sp³-hybridized carbons (Fsp3) is 0.364. The molecule has 0 unspecified atom stereocenters. The molecule has 0 saturated carbocycles. The summed E-state index contributed by atoms with van der Waals surface area (Å²) >= 11 is 0. The Hall–Kier alpha value is -2.87. The molecule has 30 heavy (non-hydrogen) atoms. The van der Waals surface area contributed by atoms with Crippen LogP contribution >= 0.6 is 0 Å². The Labute approximate surface area is 172 Å². The van der Waals surface area contributed by atoms with Gasteiger partial charge in [0.2, 0.25) is 5.88 Å². The maximum atomic E-state index is 12.4. The van der Waals surface area contributed by atoms with E-state index in [0.717, 1.165) is 36.0 Å². The summed E-state index contributed by atoms with van der Waals surface area (Å²) in [7, 11) is 1.57. The molecule has 2 heterocycles. The zero-order chi connectivity index (χ0) is 21.3. The summed E-state index contributed by atoms with van der Waals surface area (Å²) in [6.45, 7) is 2.12. The zero-order valence-corrected chi connectivity index (χ0v) is 16.6. The molecule has 2 N–H and O–H groups in total. The van der Waals surface area contributed by atoms with Gasteiger partial charge in [-0.3, -0.25) is 0 Å². The van der Waals surface area contributed by atoms with E-state index in [0.29, 0.717) is 24.1 Å². The number of nitrogens with zero attached hydrogens (tertiary/aromatic N) is 1. The van der Waals surface area contributed by atoms with E-state index in [1.54, 1.807) is 17.8 Å². The van der Waals surface area contributed by atoms with Crippen LogP contribution in [0.5, 0.6) is 11.6 Å². The Morgan fingerprint density at radius 3 is 2.63 bits per heavy atom. The molecule has 8 heteroatoms. The molecule has 2 aromatic rings. The SMILES string of the molecule is COc1cc(C2=CCNCC2)cc2cn(CC3=CC=C(OC(F)(F)F)CC3)c(O)c12. The van der Waals surface area contributed by atoms with Gasteiger partial charge in [0.05, 0.1) is 12.5 Å². The molecule has 1 aliphatic carbocycles. The van der Waals surface area contributed by atoms with Gasteiger partial charge in [-0.15, -0.1) is 13.2 Å². The second-order valence-electron chi connectivity index (χ2n) is 7.41. The molecular formula is C22H23F3N2O3. The lowest BCUT2D eigenvalue weighted by atomic mass is 9.98. The summed E-state index contributed by atoms with van der Waals surface area (Å²) in [5.41, 5.74) is 3.20. The van der Waals surface area contributed by atoms with Crippen molar-refractivity contribution in [2.45, 2.75) is 32.2 Å². The molecule has 1 aliphatic heterocycles. The lowest BCUT2D eigenvalue weighted by Gasteiger charge is -2.17. The number of aromatic hydroxyl groups is 1. The Morgan fingerprint density at radius 2 is 2.00 bits per heavy atom. The van der Waals surface area contributed by atoms with E-state index in [-0.39, 0.29) is 18.1 Å². The van der Waals surface area contributed by atoms with E-state index < -0.39 is 6.36 Å². The number of methoxy groups -OCH3 is 1. The van der Waals surface area contributed by atoms with Crippen LogP contribution in [0.3, 0.4) is 0 Å². The topological polar surface area (TPSA) is 55.7 Å². The highest BCUT2D eigenvalue weighted by Crippen LogP contribution is 2.39. The fourth-order valence-corrected chi connectivity index (χ4v) is 3.95. The van der Waals surface area contributed by atoms with E-state index in [1.165, 1.54) is 11.6 Å².